The highest BCUT2D eigenvalue weighted by atomic mass is 32.2. The van der Waals surface area contributed by atoms with Gasteiger partial charge in [0.25, 0.3) is 0 Å². The second kappa shape index (κ2) is 6.73. The summed E-state index contributed by atoms with van der Waals surface area (Å²) in [7, 11) is 4.46. The summed E-state index contributed by atoms with van der Waals surface area (Å²) in [6.07, 6.45) is 8.66. The Morgan fingerprint density at radius 1 is 1.04 bits per heavy atom. The van der Waals surface area contributed by atoms with Crippen LogP contribution in [0.4, 0.5) is 0 Å². The maximum absolute atomic E-state index is 4.06. The molecule has 2 aliphatic heterocycles. The molecule has 0 aromatic heterocycles. The first-order valence-electron chi connectivity index (χ1n) is 10.0. The Morgan fingerprint density at radius 3 is 2.50 bits per heavy atom. The molecule has 5 heteroatoms. The van der Waals surface area contributed by atoms with Crippen LogP contribution >= 0.6 is 11.8 Å². The van der Waals surface area contributed by atoms with E-state index in [4.69, 9.17) is 0 Å². The Hall–Kier alpha value is 0.190. The molecule has 24 heavy (non-hydrogen) atoms. The summed E-state index contributed by atoms with van der Waals surface area (Å²) in [6.45, 7) is 5.97. The number of thioether (sulfide) groups is 1. The number of nitrogens with zero attached hydrogens (tertiary/aromatic N) is 1. The van der Waals surface area contributed by atoms with Crippen LogP contribution < -0.4 is 16.0 Å². The van der Waals surface area contributed by atoms with Gasteiger partial charge in [-0.3, -0.25) is 16.0 Å². The summed E-state index contributed by atoms with van der Waals surface area (Å²) in [5.41, 5.74) is 0.500. The van der Waals surface area contributed by atoms with Crippen LogP contribution in [0.1, 0.15) is 52.4 Å². The van der Waals surface area contributed by atoms with Crippen molar-refractivity contribution in [3.63, 3.8) is 0 Å². The highest BCUT2D eigenvalue weighted by Crippen LogP contribution is 2.59. The average molecular weight is 353 g/mol. The fraction of sp³-hybridized carbons (Fsp3) is 1.00. The van der Waals surface area contributed by atoms with E-state index in [1.807, 2.05) is 0 Å². The number of nitrogens with one attached hydrogen (secondary N) is 3. The number of hydrogen-bond acceptors (Lipinski definition) is 5. The molecule has 0 radical (unpaired) electrons. The van der Waals surface area contributed by atoms with Gasteiger partial charge < -0.3 is 4.90 Å². The van der Waals surface area contributed by atoms with Crippen molar-refractivity contribution in [3.8, 4) is 0 Å². The smallest absolute Gasteiger partial charge is 0.0639 e. The number of hydrogen-bond donors (Lipinski definition) is 3. The third-order valence-electron chi connectivity index (χ3n) is 7.31. The maximum Gasteiger partial charge on any atom is 0.0639 e. The minimum atomic E-state index is 0.497. The van der Waals surface area contributed by atoms with Gasteiger partial charge in [0.1, 0.15) is 0 Å². The Bertz CT molecular complexity index is 447. The van der Waals surface area contributed by atoms with E-state index in [-0.39, 0.29) is 0 Å². The van der Waals surface area contributed by atoms with Crippen LogP contribution in [-0.4, -0.2) is 54.5 Å². The van der Waals surface area contributed by atoms with Gasteiger partial charge >= 0.3 is 0 Å². The lowest BCUT2D eigenvalue weighted by atomic mass is 9.72. The highest BCUT2D eigenvalue weighted by molar-refractivity contribution is 8.00. The Kier molecular flexibility index (Phi) is 4.93. The Morgan fingerprint density at radius 2 is 1.79 bits per heavy atom. The lowest BCUT2D eigenvalue weighted by Gasteiger charge is -2.44. The molecule has 0 spiro atoms. The zero-order valence-electron chi connectivity index (χ0n) is 15.8. The van der Waals surface area contributed by atoms with Crippen LogP contribution in [0.2, 0.25) is 0 Å². The molecule has 2 heterocycles. The summed E-state index contributed by atoms with van der Waals surface area (Å²) in [5, 5.41) is 13.1. The number of fused-ring (bicyclic) bond motifs is 3. The minimum absolute atomic E-state index is 0.497. The zero-order valence-corrected chi connectivity index (χ0v) is 16.7. The first-order chi connectivity index (χ1) is 11.5. The van der Waals surface area contributed by atoms with Gasteiger partial charge in [-0.25, -0.2) is 0 Å². The second-order valence-electron chi connectivity index (χ2n) is 9.42. The molecule has 0 amide bonds. The van der Waals surface area contributed by atoms with Crippen molar-refractivity contribution >= 4 is 11.8 Å². The second-order valence-corrected chi connectivity index (χ2v) is 10.8. The molecule has 0 aromatic rings. The van der Waals surface area contributed by atoms with Crippen molar-refractivity contribution in [2.45, 2.75) is 81.2 Å². The molecule has 0 bridgehead atoms. The van der Waals surface area contributed by atoms with Crippen LogP contribution in [0.5, 0.6) is 0 Å². The zero-order chi connectivity index (χ0) is 16.9. The fourth-order valence-electron chi connectivity index (χ4n) is 5.91. The summed E-state index contributed by atoms with van der Waals surface area (Å²) < 4.78 is 0. The van der Waals surface area contributed by atoms with E-state index in [0.717, 1.165) is 29.8 Å². The summed E-state index contributed by atoms with van der Waals surface area (Å²) in [5.74, 6) is 1.58. The van der Waals surface area contributed by atoms with E-state index in [2.05, 4.69) is 60.6 Å². The molecular formula is C19H36N4S. The SMILES string of the molecule is CN(C)[C@H]1CC[C@H](NC2NCN[C@H]3SC4CCC(C)(C)C4C23)CC1. The molecule has 4 aliphatic rings. The van der Waals surface area contributed by atoms with E-state index in [1.165, 1.54) is 38.5 Å². The van der Waals surface area contributed by atoms with Crippen molar-refractivity contribution in [1.82, 2.24) is 20.9 Å². The lowest BCUT2D eigenvalue weighted by Crippen LogP contribution is -2.64. The molecule has 2 saturated carbocycles. The van der Waals surface area contributed by atoms with Gasteiger partial charge in [0.05, 0.1) is 11.5 Å². The summed E-state index contributed by atoms with van der Waals surface area (Å²) in [6, 6.07) is 1.49. The molecule has 0 aromatic carbocycles. The summed E-state index contributed by atoms with van der Waals surface area (Å²) in [4.78, 5) is 2.41. The monoisotopic (exact) mass is 352 g/mol. The quantitative estimate of drug-likeness (QED) is 0.728. The van der Waals surface area contributed by atoms with Gasteiger partial charge in [-0.05, 0) is 64.0 Å². The lowest BCUT2D eigenvalue weighted by molar-refractivity contribution is 0.0922. The van der Waals surface area contributed by atoms with Crippen molar-refractivity contribution in [1.29, 1.82) is 0 Å². The third-order valence-corrected chi connectivity index (χ3v) is 8.97. The van der Waals surface area contributed by atoms with E-state index < -0.39 is 0 Å². The average Bonchev–Trinajstić information content (AvgIpc) is 3.06. The van der Waals surface area contributed by atoms with Crippen molar-refractivity contribution < 1.29 is 0 Å². The first kappa shape index (κ1) is 17.6. The largest absolute Gasteiger partial charge is 0.306 e. The van der Waals surface area contributed by atoms with Gasteiger partial charge in [-0.1, -0.05) is 13.8 Å². The molecule has 138 valence electrons. The Balaban J connectivity index is 1.42. The minimum Gasteiger partial charge on any atom is -0.306 e. The molecule has 4 fully saturated rings. The molecular weight excluding hydrogens is 316 g/mol. The van der Waals surface area contributed by atoms with E-state index >= 15 is 0 Å². The van der Waals surface area contributed by atoms with Crippen LogP contribution in [0.3, 0.4) is 0 Å². The van der Waals surface area contributed by atoms with Crippen molar-refractivity contribution in [2.24, 2.45) is 17.3 Å². The molecule has 2 aliphatic carbocycles. The summed E-state index contributed by atoms with van der Waals surface area (Å²) >= 11 is 2.24. The molecule has 4 rings (SSSR count). The molecule has 4 unspecified atom stereocenters. The molecule has 5 atom stereocenters. The normalized spacial score (nSPS) is 47.6. The van der Waals surface area contributed by atoms with Crippen molar-refractivity contribution in [3.05, 3.63) is 0 Å². The van der Waals surface area contributed by atoms with E-state index in [9.17, 15) is 0 Å². The van der Waals surface area contributed by atoms with Crippen molar-refractivity contribution in [2.75, 3.05) is 20.8 Å². The van der Waals surface area contributed by atoms with Crippen LogP contribution in [0, 0.1) is 17.3 Å². The van der Waals surface area contributed by atoms with Gasteiger partial charge in [-0.2, -0.15) is 0 Å². The molecule has 3 N–H and O–H groups in total. The first-order valence-corrected chi connectivity index (χ1v) is 10.9. The number of rotatable bonds is 3. The van der Waals surface area contributed by atoms with E-state index in [1.54, 1.807) is 0 Å². The Labute approximate surface area is 152 Å². The van der Waals surface area contributed by atoms with Crippen LogP contribution in [-0.2, 0) is 0 Å². The standard InChI is InChI=1S/C19H36N4S/c1-19(2)10-9-14-16(19)15-17(20-11-21-18(15)24-14)22-12-5-7-13(8-6-12)23(3)4/h12-18,20-22H,5-11H2,1-4H3/t12-,13-,14?,15?,16?,17?,18-/m0/s1. The maximum atomic E-state index is 4.06. The van der Waals surface area contributed by atoms with Crippen LogP contribution in [0.25, 0.3) is 0 Å². The third kappa shape index (κ3) is 3.16. The van der Waals surface area contributed by atoms with Gasteiger partial charge in [-0.15, -0.1) is 11.8 Å². The predicted octanol–water partition coefficient (Wildman–Crippen LogP) is 2.42. The molecule has 4 nitrogen and oxygen atoms in total. The van der Waals surface area contributed by atoms with Gasteiger partial charge in [0.15, 0.2) is 0 Å². The highest BCUT2D eigenvalue weighted by Gasteiger charge is 2.57. The topological polar surface area (TPSA) is 39.3 Å². The van der Waals surface area contributed by atoms with E-state index in [0.29, 0.717) is 23.0 Å². The van der Waals surface area contributed by atoms with Gasteiger partial charge in [0.2, 0.25) is 0 Å². The fourth-order valence-corrected chi connectivity index (χ4v) is 7.94. The molecule has 2 saturated heterocycles. The van der Waals surface area contributed by atoms with Crippen LogP contribution in [0.15, 0.2) is 0 Å². The van der Waals surface area contributed by atoms with Gasteiger partial charge in [0, 0.05) is 29.9 Å². The predicted molar refractivity (Wildman–Crippen MR) is 103 cm³/mol.